The lowest BCUT2D eigenvalue weighted by atomic mass is 9.91. The maximum atomic E-state index is 5.49. The summed E-state index contributed by atoms with van der Waals surface area (Å²) < 4.78 is 6.63. The van der Waals surface area contributed by atoms with E-state index in [4.69, 9.17) is 14.7 Å². The lowest BCUT2D eigenvalue weighted by molar-refractivity contribution is 0.193. The lowest BCUT2D eigenvalue weighted by Gasteiger charge is -2.23. The van der Waals surface area contributed by atoms with E-state index < -0.39 is 0 Å². The highest BCUT2D eigenvalue weighted by Crippen LogP contribution is 2.32. The summed E-state index contributed by atoms with van der Waals surface area (Å²) in [6, 6.07) is 0. The smallest absolute Gasteiger partial charge is 0.143 e. The molecule has 0 amide bonds. The van der Waals surface area contributed by atoms with Crippen molar-refractivity contribution < 1.29 is 4.74 Å². The van der Waals surface area contributed by atoms with Crippen molar-refractivity contribution in [3.05, 3.63) is 15.1 Å². The monoisotopic (exact) mass is 389 g/mol. The zero-order valence-electron chi connectivity index (χ0n) is 12.8. The molecule has 0 bridgehead atoms. The number of anilines is 1. The standard InChI is InChI=1S/C15H24IN3O/c1-5-7-17-14-11(16)12(15(2,3)4)18-13(19-14)10-6-8-20-9-10/h10H,5-9H2,1-4H3,(H,17,18,19). The molecule has 0 radical (unpaired) electrons. The van der Waals surface area contributed by atoms with Crippen LogP contribution in [0, 0.1) is 3.57 Å². The van der Waals surface area contributed by atoms with Crippen LogP contribution in [-0.4, -0.2) is 29.7 Å². The van der Waals surface area contributed by atoms with Crippen LogP contribution in [0.3, 0.4) is 0 Å². The van der Waals surface area contributed by atoms with E-state index in [9.17, 15) is 0 Å². The zero-order valence-corrected chi connectivity index (χ0v) is 15.0. The largest absolute Gasteiger partial charge is 0.381 e. The molecule has 1 aliphatic heterocycles. The molecule has 1 N–H and O–H groups in total. The predicted octanol–water partition coefficient (Wildman–Crippen LogP) is 3.70. The first-order chi connectivity index (χ1) is 9.43. The van der Waals surface area contributed by atoms with Gasteiger partial charge in [-0.1, -0.05) is 27.7 Å². The third-order valence-corrected chi connectivity index (χ3v) is 4.44. The van der Waals surface area contributed by atoms with E-state index in [1.807, 2.05) is 0 Å². The number of aromatic nitrogens is 2. The zero-order chi connectivity index (χ0) is 14.8. The van der Waals surface area contributed by atoms with E-state index in [1.165, 1.54) is 0 Å². The van der Waals surface area contributed by atoms with Gasteiger partial charge in [0.2, 0.25) is 0 Å². The van der Waals surface area contributed by atoms with Gasteiger partial charge in [0.05, 0.1) is 15.9 Å². The summed E-state index contributed by atoms with van der Waals surface area (Å²) in [5, 5.41) is 3.44. The molecule has 1 saturated heterocycles. The SMILES string of the molecule is CCCNc1nc(C2CCOC2)nc(C(C)(C)C)c1I. The van der Waals surface area contributed by atoms with Crippen molar-refractivity contribution in [2.45, 2.75) is 51.9 Å². The number of nitrogens with one attached hydrogen (secondary N) is 1. The Morgan fingerprint density at radius 3 is 2.65 bits per heavy atom. The van der Waals surface area contributed by atoms with Crippen molar-refractivity contribution in [1.82, 2.24) is 9.97 Å². The van der Waals surface area contributed by atoms with Crippen molar-refractivity contribution in [2.75, 3.05) is 25.1 Å². The number of rotatable bonds is 4. The highest BCUT2D eigenvalue weighted by Gasteiger charge is 2.27. The number of nitrogens with zero attached hydrogens (tertiary/aromatic N) is 2. The molecule has 5 heteroatoms. The van der Waals surface area contributed by atoms with Crippen molar-refractivity contribution in [3.63, 3.8) is 0 Å². The molecule has 0 saturated carbocycles. The molecule has 0 spiro atoms. The maximum absolute atomic E-state index is 5.49. The molecule has 1 aromatic heterocycles. The molecule has 2 rings (SSSR count). The van der Waals surface area contributed by atoms with E-state index in [0.717, 1.165) is 53.5 Å². The molecule has 1 atom stereocenters. The molecule has 1 unspecified atom stereocenters. The summed E-state index contributed by atoms with van der Waals surface area (Å²) >= 11 is 2.37. The highest BCUT2D eigenvalue weighted by atomic mass is 127. The molecule has 0 aliphatic carbocycles. The van der Waals surface area contributed by atoms with Crippen molar-refractivity contribution in [1.29, 1.82) is 0 Å². The van der Waals surface area contributed by atoms with Crippen LogP contribution in [0.15, 0.2) is 0 Å². The molecule has 1 aliphatic rings. The van der Waals surface area contributed by atoms with Crippen LogP contribution in [0.1, 0.15) is 58.0 Å². The van der Waals surface area contributed by atoms with Crippen LogP contribution in [0.25, 0.3) is 0 Å². The Labute approximate surface area is 135 Å². The molecule has 2 heterocycles. The Morgan fingerprint density at radius 2 is 2.10 bits per heavy atom. The topological polar surface area (TPSA) is 47.0 Å². The van der Waals surface area contributed by atoms with E-state index in [2.05, 4.69) is 55.6 Å². The van der Waals surface area contributed by atoms with E-state index in [1.54, 1.807) is 0 Å². The fraction of sp³-hybridized carbons (Fsp3) is 0.733. The summed E-state index contributed by atoms with van der Waals surface area (Å²) in [6.07, 6.45) is 2.12. The number of hydrogen-bond donors (Lipinski definition) is 1. The number of halogens is 1. The summed E-state index contributed by atoms with van der Waals surface area (Å²) in [5.41, 5.74) is 1.16. The van der Waals surface area contributed by atoms with Gasteiger partial charge in [0.15, 0.2) is 0 Å². The van der Waals surface area contributed by atoms with Gasteiger partial charge in [-0.05, 0) is 35.4 Å². The van der Waals surface area contributed by atoms with Gasteiger partial charge >= 0.3 is 0 Å². The Hall–Kier alpha value is -0.430. The van der Waals surface area contributed by atoms with Gasteiger partial charge in [-0.2, -0.15) is 0 Å². The third kappa shape index (κ3) is 3.61. The van der Waals surface area contributed by atoms with Crippen molar-refractivity contribution in [3.8, 4) is 0 Å². The molecular formula is C15H24IN3O. The third-order valence-electron chi connectivity index (χ3n) is 3.42. The van der Waals surface area contributed by atoms with Crippen molar-refractivity contribution >= 4 is 28.4 Å². The number of hydrogen-bond acceptors (Lipinski definition) is 4. The Bertz CT molecular complexity index is 465. The summed E-state index contributed by atoms with van der Waals surface area (Å²) in [7, 11) is 0. The minimum Gasteiger partial charge on any atom is -0.381 e. The van der Waals surface area contributed by atoms with Crippen LogP contribution >= 0.6 is 22.6 Å². The van der Waals surface area contributed by atoms with E-state index in [0.29, 0.717) is 5.92 Å². The molecule has 1 fully saturated rings. The maximum Gasteiger partial charge on any atom is 0.143 e. The first kappa shape index (κ1) is 15.9. The van der Waals surface area contributed by atoms with E-state index in [-0.39, 0.29) is 5.41 Å². The van der Waals surface area contributed by atoms with Gasteiger partial charge < -0.3 is 10.1 Å². The number of ether oxygens (including phenoxy) is 1. The van der Waals surface area contributed by atoms with Crippen LogP contribution < -0.4 is 5.32 Å². The minimum absolute atomic E-state index is 0.0241. The van der Waals surface area contributed by atoms with Gasteiger partial charge in [0, 0.05) is 24.5 Å². The second-order valence-corrected chi connectivity index (χ2v) is 7.41. The van der Waals surface area contributed by atoms with Crippen molar-refractivity contribution in [2.24, 2.45) is 0 Å². The summed E-state index contributed by atoms with van der Waals surface area (Å²) in [5.74, 6) is 2.26. The normalized spacial score (nSPS) is 19.4. The molecule has 0 aromatic carbocycles. The Morgan fingerprint density at radius 1 is 1.35 bits per heavy atom. The van der Waals surface area contributed by atoms with Gasteiger partial charge in [0.1, 0.15) is 11.6 Å². The minimum atomic E-state index is 0.0241. The first-order valence-corrected chi connectivity index (χ1v) is 8.41. The van der Waals surface area contributed by atoms with Crippen LogP contribution in [0.4, 0.5) is 5.82 Å². The van der Waals surface area contributed by atoms with Gasteiger partial charge in [0.25, 0.3) is 0 Å². The van der Waals surface area contributed by atoms with Crippen LogP contribution in [0.5, 0.6) is 0 Å². The lowest BCUT2D eigenvalue weighted by Crippen LogP contribution is -2.21. The van der Waals surface area contributed by atoms with E-state index >= 15 is 0 Å². The fourth-order valence-corrected chi connectivity index (χ4v) is 3.48. The highest BCUT2D eigenvalue weighted by molar-refractivity contribution is 14.1. The first-order valence-electron chi connectivity index (χ1n) is 7.33. The molecular weight excluding hydrogens is 365 g/mol. The van der Waals surface area contributed by atoms with Crippen LogP contribution in [0.2, 0.25) is 0 Å². The van der Waals surface area contributed by atoms with Gasteiger partial charge in [-0.15, -0.1) is 0 Å². The van der Waals surface area contributed by atoms with Gasteiger partial charge in [-0.25, -0.2) is 9.97 Å². The average molecular weight is 389 g/mol. The molecule has 1 aromatic rings. The Kier molecular flexibility index (Phi) is 5.23. The predicted molar refractivity (Wildman–Crippen MR) is 90.4 cm³/mol. The summed E-state index contributed by atoms with van der Waals surface area (Å²) in [4.78, 5) is 9.61. The van der Waals surface area contributed by atoms with Gasteiger partial charge in [-0.3, -0.25) is 0 Å². The molecule has 20 heavy (non-hydrogen) atoms. The fourth-order valence-electron chi connectivity index (χ4n) is 2.24. The second kappa shape index (κ2) is 6.56. The Balaban J connectivity index is 2.42. The second-order valence-electron chi connectivity index (χ2n) is 6.33. The average Bonchev–Trinajstić information content (AvgIpc) is 2.90. The summed E-state index contributed by atoms with van der Waals surface area (Å²) in [6.45, 7) is 11.3. The molecule has 112 valence electrons. The quantitative estimate of drug-likeness (QED) is 0.798. The molecule has 4 nitrogen and oxygen atoms in total. The van der Waals surface area contributed by atoms with Crippen LogP contribution in [-0.2, 0) is 10.2 Å².